The average molecular weight is 254 g/mol. The van der Waals surface area contributed by atoms with Crippen LogP contribution in [-0.4, -0.2) is 28.2 Å². The van der Waals surface area contributed by atoms with Crippen molar-refractivity contribution in [2.24, 2.45) is 29.1 Å². The molecule has 0 saturated heterocycles. The maximum atomic E-state index is 11.8. The number of aliphatic hydroxyl groups is 2. The van der Waals surface area contributed by atoms with Gasteiger partial charge in [-0.1, -0.05) is 20.8 Å². The number of Topliss-reactive ketones (excluding diaryl/α,β-unsaturated/α-hetero) is 1. The Hall–Kier alpha value is -0.410. The van der Waals surface area contributed by atoms with E-state index in [2.05, 4.69) is 20.8 Å². The maximum Gasteiger partial charge on any atom is 0.135 e. The molecule has 104 valence electrons. The highest BCUT2D eigenvalue weighted by Gasteiger charge is 2.58. The third kappa shape index (κ3) is 2.01. The molecule has 2 N–H and O–H groups in total. The summed E-state index contributed by atoms with van der Waals surface area (Å²) in [5, 5.41) is 20.8. The summed E-state index contributed by atoms with van der Waals surface area (Å²) in [6.45, 7) is 7.93. The Morgan fingerprint density at radius 1 is 1.33 bits per heavy atom. The van der Waals surface area contributed by atoms with Gasteiger partial charge in [0.25, 0.3) is 0 Å². The lowest BCUT2D eigenvalue weighted by Crippen LogP contribution is -2.47. The molecule has 2 rings (SSSR count). The quantitative estimate of drug-likeness (QED) is 0.792. The van der Waals surface area contributed by atoms with Gasteiger partial charge < -0.3 is 10.2 Å². The van der Waals surface area contributed by atoms with Crippen molar-refractivity contribution in [2.45, 2.75) is 59.2 Å². The van der Waals surface area contributed by atoms with Crippen molar-refractivity contribution in [3.05, 3.63) is 0 Å². The van der Waals surface area contributed by atoms with Gasteiger partial charge in [0.05, 0.1) is 12.2 Å². The summed E-state index contributed by atoms with van der Waals surface area (Å²) in [7, 11) is 0. The molecule has 6 atom stereocenters. The van der Waals surface area contributed by atoms with Crippen LogP contribution in [0.15, 0.2) is 0 Å². The van der Waals surface area contributed by atoms with Crippen LogP contribution < -0.4 is 0 Å². The average Bonchev–Trinajstić information content (AvgIpc) is 2.49. The van der Waals surface area contributed by atoms with Gasteiger partial charge in [0, 0.05) is 11.8 Å². The predicted octanol–water partition coefficient (Wildman–Crippen LogP) is 2.01. The van der Waals surface area contributed by atoms with Crippen LogP contribution in [0.25, 0.3) is 0 Å². The van der Waals surface area contributed by atoms with Crippen LogP contribution in [0.3, 0.4) is 0 Å². The molecule has 3 nitrogen and oxygen atoms in total. The monoisotopic (exact) mass is 254 g/mol. The SMILES string of the molecule is CC(=O)[C@H]1[C@H]2[C@H](O)[C@@H](C(C)C)CC[C@@]2(C)C[C@H]1O. The van der Waals surface area contributed by atoms with E-state index >= 15 is 0 Å². The highest BCUT2D eigenvalue weighted by molar-refractivity contribution is 5.80. The van der Waals surface area contributed by atoms with Gasteiger partial charge in [-0.05, 0) is 43.4 Å². The first-order chi connectivity index (χ1) is 8.28. The van der Waals surface area contributed by atoms with Crippen LogP contribution in [0, 0.1) is 29.1 Å². The Bertz CT molecular complexity index is 339. The lowest BCUT2D eigenvalue weighted by molar-refractivity contribution is -0.132. The zero-order valence-corrected chi connectivity index (χ0v) is 11.9. The summed E-state index contributed by atoms with van der Waals surface area (Å²) in [4.78, 5) is 11.8. The Kier molecular flexibility index (Phi) is 3.58. The number of hydrogen-bond donors (Lipinski definition) is 2. The van der Waals surface area contributed by atoms with Gasteiger partial charge in [-0.3, -0.25) is 4.79 Å². The zero-order chi connectivity index (χ0) is 13.7. The van der Waals surface area contributed by atoms with E-state index in [1.54, 1.807) is 6.92 Å². The van der Waals surface area contributed by atoms with E-state index in [4.69, 9.17) is 0 Å². The number of ketones is 1. The van der Waals surface area contributed by atoms with E-state index < -0.39 is 12.2 Å². The largest absolute Gasteiger partial charge is 0.392 e. The second kappa shape index (κ2) is 4.61. The molecule has 0 amide bonds. The molecule has 2 fully saturated rings. The molecule has 3 heteroatoms. The molecule has 0 bridgehead atoms. The summed E-state index contributed by atoms with van der Waals surface area (Å²) in [5.74, 6) is 0.280. The minimum absolute atomic E-state index is 0.0275. The minimum Gasteiger partial charge on any atom is -0.392 e. The molecule has 0 aromatic carbocycles. The molecule has 0 heterocycles. The molecular weight excluding hydrogens is 228 g/mol. The van der Waals surface area contributed by atoms with E-state index in [9.17, 15) is 15.0 Å². The lowest BCUT2D eigenvalue weighted by Gasteiger charge is -2.46. The van der Waals surface area contributed by atoms with Crippen molar-refractivity contribution in [3.8, 4) is 0 Å². The molecule has 0 aromatic rings. The first-order valence-corrected chi connectivity index (χ1v) is 7.14. The second-order valence-corrected chi connectivity index (χ2v) is 7.02. The number of aliphatic hydroxyl groups excluding tert-OH is 2. The predicted molar refractivity (Wildman–Crippen MR) is 70.0 cm³/mol. The summed E-state index contributed by atoms with van der Waals surface area (Å²) in [6.07, 6.45) is 1.65. The van der Waals surface area contributed by atoms with Crippen LogP contribution in [0.5, 0.6) is 0 Å². The van der Waals surface area contributed by atoms with Gasteiger partial charge >= 0.3 is 0 Å². The van der Waals surface area contributed by atoms with E-state index in [-0.39, 0.29) is 29.0 Å². The zero-order valence-electron chi connectivity index (χ0n) is 11.9. The van der Waals surface area contributed by atoms with Crippen LogP contribution >= 0.6 is 0 Å². The van der Waals surface area contributed by atoms with Gasteiger partial charge in [0.2, 0.25) is 0 Å². The van der Waals surface area contributed by atoms with Crippen molar-refractivity contribution in [3.63, 3.8) is 0 Å². The number of hydrogen-bond acceptors (Lipinski definition) is 3. The van der Waals surface area contributed by atoms with E-state index in [1.807, 2.05) is 0 Å². The summed E-state index contributed by atoms with van der Waals surface area (Å²) in [5.41, 5.74) is -0.0689. The van der Waals surface area contributed by atoms with Crippen LogP contribution in [-0.2, 0) is 4.79 Å². The van der Waals surface area contributed by atoms with Gasteiger partial charge in [-0.2, -0.15) is 0 Å². The molecule has 0 unspecified atom stereocenters. The molecular formula is C15H26O3. The molecule has 2 saturated carbocycles. The molecule has 2 aliphatic rings. The molecule has 18 heavy (non-hydrogen) atoms. The summed E-state index contributed by atoms with van der Waals surface area (Å²) in [6, 6.07) is 0. The molecule has 0 spiro atoms. The normalized spacial score (nSPS) is 48.3. The van der Waals surface area contributed by atoms with Gasteiger partial charge in [-0.25, -0.2) is 0 Å². The van der Waals surface area contributed by atoms with E-state index in [1.165, 1.54) is 0 Å². The van der Waals surface area contributed by atoms with Gasteiger partial charge in [0.1, 0.15) is 5.78 Å². The van der Waals surface area contributed by atoms with Crippen molar-refractivity contribution < 1.29 is 15.0 Å². The Balaban J connectivity index is 2.32. The minimum atomic E-state index is -0.571. The molecule has 0 aromatic heterocycles. The van der Waals surface area contributed by atoms with Crippen molar-refractivity contribution in [1.29, 1.82) is 0 Å². The van der Waals surface area contributed by atoms with Crippen molar-refractivity contribution in [1.82, 2.24) is 0 Å². The topological polar surface area (TPSA) is 57.5 Å². The van der Waals surface area contributed by atoms with Crippen molar-refractivity contribution >= 4 is 5.78 Å². The Morgan fingerprint density at radius 2 is 1.94 bits per heavy atom. The van der Waals surface area contributed by atoms with Crippen LogP contribution in [0.1, 0.15) is 47.0 Å². The standard InChI is InChI=1S/C15H26O3/c1-8(2)10-5-6-15(4)7-11(17)12(9(3)16)13(15)14(10)18/h8,10-14,17-18H,5-7H2,1-4H3/t10-,11-,12-,13+,14-,15+/m1/s1. The van der Waals surface area contributed by atoms with E-state index in [0.717, 1.165) is 12.8 Å². The fraction of sp³-hybridized carbons (Fsp3) is 0.933. The summed E-state index contributed by atoms with van der Waals surface area (Å²) < 4.78 is 0. The lowest BCUT2D eigenvalue weighted by atomic mass is 9.60. The Labute approximate surface area is 110 Å². The fourth-order valence-corrected chi connectivity index (χ4v) is 4.49. The number of fused-ring (bicyclic) bond motifs is 1. The van der Waals surface area contributed by atoms with Crippen LogP contribution in [0.4, 0.5) is 0 Å². The van der Waals surface area contributed by atoms with Crippen LogP contribution in [0.2, 0.25) is 0 Å². The van der Waals surface area contributed by atoms with Crippen molar-refractivity contribution in [2.75, 3.05) is 0 Å². The first kappa shape index (κ1) is 14.0. The third-order valence-electron chi connectivity index (χ3n) is 5.46. The van der Waals surface area contributed by atoms with E-state index in [0.29, 0.717) is 12.3 Å². The highest BCUT2D eigenvalue weighted by atomic mass is 16.3. The molecule has 0 aliphatic heterocycles. The highest BCUT2D eigenvalue weighted by Crippen LogP contribution is 2.57. The molecule has 0 radical (unpaired) electrons. The number of carbonyl (C=O) groups is 1. The second-order valence-electron chi connectivity index (χ2n) is 7.02. The van der Waals surface area contributed by atoms with Gasteiger partial charge in [0.15, 0.2) is 0 Å². The fourth-order valence-electron chi connectivity index (χ4n) is 4.49. The smallest absolute Gasteiger partial charge is 0.135 e. The Morgan fingerprint density at radius 3 is 2.44 bits per heavy atom. The number of rotatable bonds is 2. The third-order valence-corrected chi connectivity index (χ3v) is 5.46. The van der Waals surface area contributed by atoms with Gasteiger partial charge in [-0.15, -0.1) is 0 Å². The summed E-state index contributed by atoms with van der Waals surface area (Å²) >= 11 is 0. The maximum absolute atomic E-state index is 11.8. The first-order valence-electron chi connectivity index (χ1n) is 7.14. The number of carbonyl (C=O) groups excluding carboxylic acids is 1. The molecule has 2 aliphatic carbocycles.